The predicted octanol–water partition coefficient (Wildman–Crippen LogP) is 4.20. The van der Waals surface area contributed by atoms with Crippen LogP contribution in [0.5, 0.6) is 0 Å². The van der Waals surface area contributed by atoms with Crippen molar-refractivity contribution < 1.29 is 4.79 Å². The molecule has 1 aliphatic rings. The Balaban J connectivity index is 1.28. The first-order valence-corrected chi connectivity index (χ1v) is 12.4. The van der Waals surface area contributed by atoms with Crippen molar-refractivity contribution in [2.75, 3.05) is 46.6 Å². The van der Waals surface area contributed by atoms with Crippen molar-refractivity contribution >= 4 is 46.7 Å². The van der Waals surface area contributed by atoms with E-state index in [1.807, 2.05) is 32.0 Å². The Labute approximate surface area is 220 Å². The number of piperazine rings is 1. The number of aryl methyl sites for hydroxylation is 2. The number of hydrogen-bond donors (Lipinski definition) is 2. The quantitative estimate of drug-likeness (QED) is 0.392. The molecule has 37 heavy (non-hydrogen) atoms. The third-order valence-electron chi connectivity index (χ3n) is 6.32. The van der Waals surface area contributed by atoms with Crippen molar-refractivity contribution in [2.45, 2.75) is 13.8 Å². The Hall–Kier alpha value is -4.18. The van der Waals surface area contributed by atoms with Gasteiger partial charge in [-0.2, -0.15) is 15.0 Å². The van der Waals surface area contributed by atoms with Crippen LogP contribution < -0.4 is 20.4 Å². The fourth-order valence-corrected chi connectivity index (χ4v) is 4.54. The second kappa shape index (κ2) is 10.4. The molecule has 4 aromatic rings. The zero-order chi connectivity index (χ0) is 25.9. The minimum atomic E-state index is -0.317. The minimum absolute atomic E-state index is 0.317. The van der Waals surface area contributed by atoms with Crippen LogP contribution in [-0.2, 0) is 7.05 Å². The SMILES string of the molecule is Cc1nc(Nc2ncc(C(=O)Nc3c(C)cccc3Cl)n2C)nc(N2CCN(c3ccccc3)CC2)n1. The normalized spacial score (nSPS) is 13.5. The zero-order valence-corrected chi connectivity index (χ0v) is 21.7. The molecule has 10 nitrogen and oxygen atoms in total. The molecule has 2 aromatic carbocycles. The molecule has 0 atom stereocenters. The van der Waals surface area contributed by atoms with E-state index in [0.29, 0.717) is 40.1 Å². The standard InChI is InChI=1S/C26H28ClN9O/c1-17-8-7-11-20(27)22(17)31-23(37)21-16-28-25(34(21)3)32-24-29-18(2)30-26(33-24)36-14-12-35(13-15-36)19-9-5-4-6-10-19/h4-11,16H,12-15H2,1-3H3,(H,31,37)(H,28,29,30,32,33). The number of benzene rings is 2. The molecule has 0 radical (unpaired) electrons. The van der Waals surface area contributed by atoms with Gasteiger partial charge in [-0.3, -0.25) is 10.1 Å². The number of amides is 1. The molecular formula is C26H28ClN9O. The van der Waals surface area contributed by atoms with E-state index >= 15 is 0 Å². The van der Waals surface area contributed by atoms with Crippen LogP contribution in [-0.4, -0.2) is 56.6 Å². The molecule has 0 spiro atoms. The summed E-state index contributed by atoms with van der Waals surface area (Å²) in [5, 5.41) is 6.49. The molecular weight excluding hydrogens is 490 g/mol. The second-order valence-corrected chi connectivity index (χ2v) is 9.26. The Morgan fingerprint density at radius 1 is 0.919 bits per heavy atom. The summed E-state index contributed by atoms with van der Waals surface area (Å²) in [6, 6.07) is 15.9. The molecule has 5 rings (SSSR count). The smallest absolute Gasteiger partial charge is 0.274 e. The molecule has 1 fully saturated rings. The molecule has 1 saturated heterocycles. The number of rotatable bonds is 6. The van der Waals surface area contributed by atoms with Crippen LogP contribution in [0.25, 0.3) is 0 Å². The number of hydrogen-bond acceptors (Lipinski definition) is 8. The van der Waals surface area contributed by atoms with E-state index in [0.717, 1.165) is 31.7 Å². The average molecular weight is 518 g/mol. The van der Waals surface area contributed by atoms with Crippen molar-refractivity contribution in [1.29, 1.82) is 0 Å². The van der Waals surface area contributed by atoms with Gasteiger partial charge in [0.1, 0.15) is 11.5 Å². The Morgan fingerprint density at radius 2 is 1.65 bits per heavy atom. The molecule has 2 aromatic heterocycles. The summed E-state index contributed by atoms with van der Waals surface area (Å²) in [4.78, 5) is 35.4. The van der Waals surface area contributed by atoms with E-state index in [-0.39, 0.29) is 5.91 Å². The number of carbonyl (C=O) groups excluding carboxylic acids is 1. The summed E-state index contributed by atoms with van der Waals surface area (Å²) < 4.78 is 1.65. The van der Waals surface area contributed by atoms with Crippen LogP contribution in [0.3, 0.4) is 0 Å². The highest BCUT2D eigenvalue weighted by molar-refractivity contribution is 6.34. The van der Waals surface area contributed by atoms with Gasteiger partial charge in [0.15, 0.2) is 0 Å². The molecule has 11 heteroatoms. The van der Waals surface area contributed by atoms with Gasteiger partial charge < -0.3 is 19.7 Å². The van der Waals surface area contributed by atoms with Crippen LogP contribution in [0.1, 0.15) is 21.9 Å². The number of aromatic nitrogens is 5. The minimum Gasteiger partial charge on any atom is -0.368 e. The van der Waals surface area contributed by atoms with E-state index < -0.39 is 0 Å². The topological polar surface area (TPSA) is 104 Å². The number of nitrogens with zero attached hydrogens (tertiary/aromatic N) is 7. The van der Waals surface area contributed by atoms with E-state index in [4.69, 9.17) is 11.6 Å². The molecule has 0 saturated carbocycles. The second-order valence-electron chi connectivity index (χ2n) is 8.85. The molecule has 0 unspecified atom stereocenters. The van der Waals surface area contributed by atoms with Crippen molar-refractivity contribution in [3.63, 3.8) is 0 Å². The average Bonchev–Trinajstić information content (AvgIpc) is 3.26. The molecule has 0 bridgehead atoms. The van der Waals surface area contributed by atoms with Crippen LogP contribution in [0, 0.1) is 13.8 Å². The number of anilines is 5. The summed E-state index contributed by atoms with van der Waals surface area (Å²) in [5.74, 6) is 1.70. The van der Waals surface area contributed by atoms with Gasteiger partial charge in [-0.25, -0.2) is 4.98 Å². The number of carbonyl (C=O) groups is 1. The Kier molecular flexibility index (Phi) is 6.91. The van der Waals surface area contributed by atoms with Crippen LogP contribution in [0.15, 0.2) is 54.7 Å². The monoisotopic (exact) mass is 517 g/mol. The van der Waals surface area contributed by atoms with Gasteiger partial charge in [0.05, 0.1) is 16.9 Å². The van der Waals surface area contributed by atoms with Crippen LogP contribution in [0.2, 0.25) is 5.02 Å². The van der Waals surface area contributed by atoms with Gasteiger partial charge in [0, 0.05) is 38.9 Å². The summed E-state index contributed by atoms with van der Waals surface area (Å²) in [7, 11) is 1.75. The first-order chi connectivity index (χ1) is 17.9. The van der Waals surface area contributed by atoms with Crippen molar-refractivity contribution in [3.05, 3.63) is 76.8 Å². The molecule has 2 N–H and O–H groups in total. The summed E-state index contributed by atoms with van der Waals surface area (Å²) in [6.45, 7) is 7.07. The molecule has 3 heterocycles. The lowest BCUT2D eigenvalue weighted by molar-refractivity contribution is 0.101. The lowest BCUT2D eigenvalue weighted by Crippen LogP contribution is -2.47. The van der Waals surface area contributed by atoms with Gasteiger partial charge in [-0.1, -0.05) is 41.9 Å². The number of halogens is 1. The molecule has 1 amide bonds. The molecule has 190 valence electrons. The first-order valence-electron chi connectivity index (χ1n) is 12.0. The van der Waals surface area contributed by atoms with Crippen LogP contribution >= 0.6 is 11.6 Å². The van der Waals surface area contributed by atoms with E-state index in [9.17, 15) is 4.79 Å². The molecule has 0 aliphatic carbocycles. The zero-order valence-electron chi connectivity index (χ0n) is 20.9. The summed E-state index contributed by atoms with van der Waals surface area (Å²) in [5.41, 5.74) is 3.04. The fraction of sp³-hybridized carbons (Fsp3) is 0.269. The molecule has 1 aliphatic heterocycles. The maximum Gasteiger partial charge on any atom is 0.274 e. The predicted molar refractivity (Wildman–Crippen MR) is 146 cm³/mol. The number of imidazole rings is 1. The van der Waals surface area contributed by atoms with Gasteiger partial charge in [-0.05, 0) is 37.6 Å². The maximum atomic E-state index is 12.9. The number of para-hydroxylation sites is 2. The lowest BCUT2D eigenvalue weighted by atomic mass is 10.2. The fourth-order valence-electron chi connectivity index (χ4n) is 4.27. The van der Waals surface area contributed by atoms with Gasteiger partial charge in [0.2, 0.25) is 17.8 Å². The third kappa shape index (κ3) is 5.34. The maximum absolute atomic E-state index is 12.9. The van der Waals surface area contributed by atoms with E-state index in [1.165, 1.54) is 11.9 Å². The largest absolute Gasteiger partial charge is 0.368 e. The number of nitrogens with one attached hydrogen (secondary N) is 2. The highest BCUT2D eigenvalue weighted by atomic mass is 35.5. The van der Waals surface area contributed by atoms with Crippen molar-refractivity contribution in [1.82, 2.24) is 24.5 Å². The van der Waals surface area contributed by atoms with E-state index in [1.54, 1.807) is 17.7 Å². The Morgan fingerprint density at radius 3 is 2.38 bits per heavy atom. The van der Waals surface area contributed by atoms with Crippen LogP contribution in [0.4, 0.5) is 29.2 Å². The first kappa shape index (κ1) is 24.5. The van der Waals surface area contributed by atoms with Crippen molar-refractivity contribution in [3.8, 4) is 0 Å². The summed E-state index contributed by atoms with van der Waals surface area (Å²) in [6.07, 6.45) is 1.50. The highest BCUT2D eigenvalue weighted by Crippen LogP contribution is 2.26. The van der Waals surface area contributed by atoms with E-state index in [2.05, 4.69) is 64.6 Å². The van der Waals surface area contributed by atoms with Gasteiger partial charge >= 0.3 is 0 Å². The lowest BCUT2D eigenvalue weighted by Gasteiger charge is -2.36. The Bertz CT molecular complexity index is 1390. The van der Waals surface area contributed by atoms with Crippen molar-refractivity contribution in [2.24, 2.45) is 7.05 Å². The summed E-state index contributed by atoms with van der Waals surface area (Å²) >= 11 is 6.27. The van der Waals surface area contributed by atoms with Gasteiger partial charge in [0.25, 0.3) is 5.91 Å². The highest BCUT2D eigenvalue weighted by Gasteiger charge is 2.21. The third-order valence-corrected chi connectivity index (χ3v) is 6.64. The van der Waals surface area contributed by atoms with Gasteiger partial charge in [-0.15, -0.1) is 0 Å².